The van der Waals surface area contributed by atoms with Crippen molar-refractivity contribution in [3.05, 3.63) is 64.0 Å². The van der Waals surface area contributed by atoms with E-state index in [1.807, 2.05) is 24.4 Å². The van der Waals surface area contributed by atoms with Crippen molar-refractivity contribution in [1.82, 2.24) is 23.8 Å². The van der Waals surface area contributed by atoms with Gasteiger partial charge in [0.1, 0.15) is 22.7 Å². The Morgan fingerprint density at radius 1 is 1.17 bits per heavy atom. The third-order valence-corrected chi connectivity index (χ3v) is 7.23. The minimum Gasteiger partial charge on any atom is -0.492 e. The van der Waals surface area contributed by atoms with Gasteiger partial charge in [-0.25, -0.2) is 9.78 Å². The van der Waals surface area contributed by atoms with Gasteiger partial charge in [-0.2, -0.15) is 0 Å². The number of hydrogen-bond donors (Lipinski definition) is 0. The van der Waals surface area contributed by atoms with Crippen LogP contribution in [0.25, 0.3) is 5.65 Å². The zero-order valence-electron chi connectivity index (χ0n) is 20.7. The molecule has 0 N–H and O–H groups in total. The van der Waals surface area contributed by atoms with Crippen LogP contribution in [0.2, 0.25) is 0 Å². The number of rotatable bonds is 6. The number of nitrogens with zero attached hydrogens (tertiary/aromatic N) is 5. The molecule has 1 unspecified atom stereocenters. The van der Waals surface area contributed by atoms with Gasteiger partial charge < -0.3 is 28.2 Å². The number of imidazole rings is 1. The maximum atomic E-state index is 13.2. The second-order valence-corrected chi connectivity index (χ2v) is 9.36. The Kier molecular flexibility index (Phi) is 6.77. The molecule has 0 bridgehead atoms. The van der Waals surface area contributed by atoms with E-state index in [1.54, 1.807) is 20.1 Å². The highest BCUT2D eigenvalue weighted by Gasteiger charge is 2.29. The number of amides is 1. The Hall–Kier alpha value is -3.66. The third kappa shape index (κ3) is 4.60. The van der Waals surface area contributed by atoms with E-state index in [-0.39, 0.29) is 29.3 Å². The van der Waals surface area contributed by atoms with Crippen molar-refractivity contribution in [3.8, 4) is 5.75 Å². The Balaban J connectivity index is 1.38. The van der Waals surface area contributed by atoms with Crippen molar-refractivity contribution < 1.29 is 19.1 Å². The van der Waals surface area contributed by atoms with Crippen LogP contribution in [0.5, 0.6) is 5.75 Å². The molecule has 190 valence electrons. The number of ether oxygens (including phenoxy) is 2. The number of hydrogen-bond acceptors (Lipinski definition) is 7. The first-order chi connectivity index (χ1) is 17.5. The molecule has 36 heavy (non-hydrogen) atoms. The van der Waals surface area contributed by atoms with E-state index in [0.29, 0.717) is 49.2 Å². The second-order valence-electron chi connectivity index (χ2n) is 9.36. The van der Waals surface area contributed by atoms with Crippen LogP contribution in [0, 0.1) is 0 Å². The van der Waals surface area contributed by atoms with Gasteiger partial charge in [-0.1, -0.05) is 6.07 Å². The molecule has 0 radical (unpaired) electrons. The van der Waals surface area contributed by atoms with Crippen LogP contribution in [0.4, 0.5) is 0 Å². The summed E-state index contributed by atoms with van der Waals surface area (Å²) >= 11 is 0. The fourth-order valence-corrected chi connectivity index (χ4v) is 5.24. The number of likely N-dealkylation sites (tertiary alicyclic amines) is 1. The zero-order chi connectivity index (χ0) is 25.2. The van der Waals surface area contributed by atoms with E-state index < -0.39 is 5.97 Å². The molecule has 0 aromatic carbocycles. The van der Waals surface area contributed by atoms with Gasteiger partial charge in [0, 0.05) is 56.3 Å². The van der Waals surface area contributed by atoms with E-state index >= 15 is 0 Å². The van der Waals surface area contributed by atoms with E-state index in [2.05, 4.69) is 16.9 Å². The lowest BCUT2D eigenvalue weighted by atomic mass is 10.1. The summed E-state index contributed by atoms with van der Waals surface area (Å²) in [7, 11) is 3.42. The number of esters is 1. The number of pyridine rings is 2. The Labute approximate surface area is 209 Å². The number of methoxy groups -OCH3 is 1. The summed E-state index contributed by atoms with van der Waals surface area (Å²) in [5.74, 6) is -0.512. The summed E-state index contributed by atoms with van der Waals surface area (Å²) in [6.07, 6.45) is 6.96. The van der Waals surface area contributed by atoms with Gasteiger partial charge in [-0.05, 0) is 45.0 Å². The standard InChI is InChI=1S/C26H31N5O5/c1-28-10-5-6-18(28)9-15-36-21-16-23(32)31-14-13-29(12-8-20(31)24(21)26(34)35-2)25(33)19-17-30-11-4-3-7-22(30)27-19/h3-4,7,11,16-18H,5-6,8-10,12-15H2,1-2H3. The molecular formula is C26H31N5O5. The van der Waals surface area contributed by atoms with Gasteiger partial charge in [-0.3, -0.25) is 9.59 Å². The van der Waals surface area contributed by atoms with Crippen molar-refractivity contribution in [1.29, 1.82) is 0 Å². The molecule has 1 saturated heterocycles. The van der Waals surface area contributed by atoms with Crippen LogP contribution in [0.15, 0.2) is 41.5 Å². The first-order valence-corrected chi connectivity index (χ1v) is 12.4. The summed E-state index contributed by atoms with van der Waals surface area (Å²) in [4.78, 5) is 47.5. The Morgan fingerprint density at radius 3 is 2.78 bits per heavy atom. The largest absolute Gasteiger partial charge is 0.492 e. The lowest BCUT2D eigenvalue weighted by molar-refractivity contribution is 0.0592. The van der Waals surface area contributed by atoms with Gasteiger partial charge in [0.25, 0.3) is 11.5 Å². The van der Waals surface area contributed by atoms with E-state index in [9.17, 15) is 14.4 Å². The first-order valence-electron chi connectivity index (χ1n) is 12.4. The fourth-order valence-electron chi connectivity index (χ4n) is 5.24. The summed E-state index contributed by atoms with van der Waals surface area (Å²) in [5, 5.41) is 0. The Morgan fingerprint density at radius 2 is 2.03 bits per heavy atom. The minimum atomic E-state index is -0.549. The van der Waals surface area contributed by atoms with E-state index in [0.717, 1.165) is 19.4 Å². The van der Waals surface area contributed by atoms with Crippen LogP contribution in [-0.2, 0) is 17.7 Å². The molecule has 5 heterocycles. The zero-order valence-corrected chi connectivity index (χ0v) is 20.7. The van der Waals surface area contributed by atoms with E-state index in [1.165, 1.54) is 19.6 Å². The van der Waals surface area contributed by atoms with Crippen LogP contribution in [0.3, 0.4) is 0 Å². The summed E-state index contributed by atoms with van der Waals surface area (Å²) < 4.78 is 14.4. The molecule has 3 aromatic heterocycles. The van der Waals surface area contributed by atoms with Crippen molar-refractivity contribution in [2.24, 2.45) is 0 Å². The first kappa shape index (κ1) is 24.1. The predicted molar refractivity (Wildman–Crippen MR) is 133 cm³/mol. The van der Waals surface area contributed by atoms with Crippen molar-refractivity contribution in [2.45, 2.75) is 38.3 Å². The quantitative estimate of drug-likeness (QED) is 0.483. The smallest absolute Gasteiger partial charge is 0.343 e. The van der Waals surface area contributed by atoms with Crippen LogP contribution >= 0.6 is 0 Å². The van der Waals surface area contributed by atoms with Crippen molar-refractivity contribution in [2.75, 3.05) is 40.4 Å². The van der Waals surface area contributed by atoms with Crippen molar-refractivity contribution >= 4 is 17.5 Å². The maximum absolute atomic E-state index is 13.2. The van der Waals surface area contributed by atoms with Crippen LogP contribution < -0.4 is 10.3 Å². The molecule has 1 amide bonds. The van der Waals surface area contributed by atoms with Crippen molar-refractivity contribution in [3.63, 3.8) is 0 Å². The molecule has 1 atom stereocenters. The molecule has 10 heteroatoms. The number of carbonyl (C=O) groups excluding carboxylic acids is 2. The normalized spacial score (nSPS) is 18.2. The Bertz CT molecular complexity index is 1310. The van der Waals surface area contributed by atoms with Crippen LogP contribution in [-0.4, -0.2) is 82.1 Å². The van der Waals surface area contributed by atoms with Crippen LogP contribution in [0.1, 0.15) is 45.8 Å². The monoisotopic (exact) mass is 493 g/mol. The molecule has 0 spiro atoms. The summed E-state index contributed by atoms with van der Waals surface area (Å²) in [5.41, 5.74) is 1.57. The highest BCUT2D eigenvalue weighted by molar-refractivity contribution is 5.94. The molecule has 10 nitrogen and oxygen atoms in total. The lowest BCUT2D eigenvalue weighted by Gasteiger charge is -2.21. The minimum absolute atomic E-state index is 0.212. The highest BCUT2D eigenvalue weighted by Crippen LogP contribution is 2.26. The molecule has 0 aliphatic carbocycles. The average molecular weight is 494 g/mol. The maximum Gasteiger partial charge on any atom is 0.343 e. The molecule has 1 fully saturated rings. The highest BCUT2D eigenvalue weighted by atomic mass is 16.5. The number of aromatic nitrogens is 3. The van der Waals surface area contributed by atoms with Gasteiger partial charge in [0.15, 0.2) is 0 Å². The predicted octanol–water partition coefficient (Wildman–Crippen LogP) is 1.84. The molecule has 3 aromatic rings. The summed E-state index contributed by atoms with van der Waals surface area (Å²) in [6.45, 7) is 2.41. The average Bonchev–Trinajstić information content (AvgIpc) is 3.43. The molecule has 0 saturated carbocycles. The SMILES string of the molecule is COC(=O)c1c(OCCC2CCCN2C)cc(=O)n2c1CCN(C(=O)c1cn3ccccc3n1)CC2. The topological polar surface area (TPSA) is 98.4 Å². The van der Waals surface area contributed by atoms with E-state index in [4.69, 9.17) is 9.47 Å². The molecule has 2 aliphatic heterocycles. The molecule has 5 rings (SSSR count). The third-order valence-electron chi connectivity index (χ3n) is 7.23. The van der Waals surface area contributed by atoms with Gasteiger partial charge in [0.05, 0.1) is 13.7 Å². The molecule has 2 aliphatic rings. The van der Waals surface area contributed by atoms with Gasteiger partial charge >= 0.3 is 5.97 Å². The molecular weight excluding hydrogens is 462 g/mol. The van der Waals surface area contributed by atoms with Gasteiger partial charge in [-0.15, -0.1) is 0 Å². The number of carbonyl (C=O) groups is 2. The fraction of sp³-hybridized carbons (Fsp3) is 0.462. The van der Waals surface area contributed by atoms with Gasteiger partial charge in [0.2, 0.25) is 0 Å². The number of fused-ring (bicyclic) bond motifs is 2. The summed E-state index contributed by atoms with van der Waals surface area (Å²) in [6, 6.07) is 7.38. The lowest BCUT2D eigenvalue weighted by Crippen LogP contribution is -2.34. The second kappa shape index (κ2) is 10.1.